The third kappa shape index (κ3) is 2.71. The minimum absolute atomic E-state index is 0.157. The van der Waals surface area contributed by atoms with Gasteiger partial charge in [0.1, 0.15) is 5.75 Å². The minimum Gasteiger partial charge on any atom is -0.508 e. The molecule has 2 rings (SSSR count). The molecule has 3 nitrogen and oxygen atoms in total. The number of hydrogen-bond donors (Lipinski definition) is 2. The second kappa shape index (κ2) is 5.23. The zero-order valence-electron chi connectivity index (χ0n) is 9.43. The first-order chi connectivity index (χ1) is 8.58. The van der Waals surface area contributed by atoms with E-state index in [1.54, 1.807) is 36.4 Å². The number of carboxylic acid groups (broad SMARTS) is 1. The Morgan fingerprint density at radius 3 is 2.50 bits per heavy atom. The number of carboxylic acids is 1. The van der Waals surface area contributed by atoms with Crippen molar-refractivity contribution in [2.45, 2.75) is 6.42 Å². The van der Waals surface area contributed by atoms with Crippen LogP contribution in [0.25, 0.3) is 0 Å². The molecule has 18 heavy (non-hydrogen) atoms. The number of phenols is 1. The zero-order valence-corrected chi connectivity index (χ0v) is 11.0. The second-order valence-electron chi connectivity index (χ2n) is 3.91. The van der Waals surface area contributed by atoms with Crippen molar-refractivity contribution in [2.24, 2.45) is 0 Å². The number of carbonyl (C=O) groups is 1. The Morgan fingerprint density at radius 1 is 1.11 bits per heavy atom. The molecule has 0 saturated carbocycles. The number of hydrogen-bond acceptors (Lipinski definition) is 2. The molecule has 0 fully saturated rings. The Bertz CT molecular complexity index is 593. The fraction of sp³-hybridized carbons (Fsp3) is 0.0714. The molecule has 0 atom stereocenters. The Balaban J connectivity index is 2.37. The molecule has 2 N–H and O–H groups in total. The van der Waals surface area contributed by atoms with E-state index < -0.39 is 5.97 Å². The van der Waals surface area contributed by atoms with E-state index in [1.807, 2.05) is 6.07 Å². The fourth-order valence-corrected chi connectivity index (χ4v) is 2.12. The molecule has 0 aliphatic rings. The maximum absolute atomic E-state index is 11.1. The van der Waals surface area contributed by atoms with Crippen LogP contribution in [0.1, 0.15) is 21.5 Å². The second-order valence-corrected chi connectivity index (χ2v) is 4.83. The summed E-state index contributed by atoms with van der Waals surface area (Å²) in [4.78, 5) is 11.1. The molecule has 4 heteroatoms. The van der Waals surface area contributed by atoms with E-state index in [2.05, 4.69) is 15.9 Å². The third-order valence-electron chi connectivity index (χ3n) is 2.68. The van der Waals surface area contributed by atoms with Gasteiger partial charge in [-0.05, 0) is 29.3 Å². The first-order valence-corrected chi connectivity index (χ1v) is 6.16. The summed E-state index contributed by atoms with van der Waals surface area (Å²) in [7, 11) is 0. The van der Waals surface area contributed by atoms with Crippen LogP contribution < -0.4 is 0 Å². The van der Waals surface area contributed by atoms with Gasteiger partial charge in [-0.3, -0.25) is 0 Å². The van der Waals surface area contributed by atoms with E-state index in [0.717, 1.165) is 4.47 Å². The Labute approximate surface area is 113 Å². The normalized spacial score (nSPS) is 10.3. The van der Waals surface area contributed by atoms with Gasteiger partial charge in [0.25, 0.3) is 0 Å². The molecule has 0 aliphatic carbocycles. The van der Waals surface area contributed by atoms with Gasteiger partial charge >= 0.3 is 5.97 Å². The first kappa shape index (κ1) is 12.6. The SMILES string of the molecule is O=C(O)c1ccccc1Cc1ccc(Br)cc1O. The van der Waals surface area contributed by atoms with Gasteiger partial charge in [0.15, 0.2) is 0 Å². The quantitative estimate of drug-likeness (QED) is 0.913. The van der Waals surface area contributed by atoms with E-state index in [9.17, 15) is 9.90 Å². The van der Waals surface area contributed by atoms with E-state index in [4.69, 9.17) is 5.11 Å². The van der Waals surface area contributed by atoms with E-state index >= 15 is 0 Å². The molecule has 0 unspecified atom stereocenters. The number of rotatable bonds is 3. The van der Waals surface area contributed by atoms with Gasteiger partial charge in [-0.1, -0.05) is 40.2 Å². The van der Waals surface area contributed by atoms with Crippen LogP contribution in [-0.4, -0.2) is 16.2 Å². The number of aromatic hydroxyl groups is 1. The van der Waals surface area contributed by atoms with Crippen molar-refractivity contribution in [1.29, 1.82) is 0 Å². The van der Waals surface area contributed by atoms with Crippen LogP contribution in [0.4, 0.5) is 0 Å². The molecule has 0 bridgehead atoms. The standard InChI is InChI=1S/C14H11BrO3/c15-11-6-5-10(13(16)8-11)7-9-3-1-2-4-12(9)14(17)18/h1-6,8,16H,7H2,(H,17,18). The van der Waals surface area contributed by atoms with Gasteiger partial charge < -0.3 is 10.2 Å². The molecule has 92 valence electrons. The lowest BCUT2D eigenvalue weighted by Crippen LogP contribution is -2.02. The molecule has 2 aromatic rings. The largest absolute Gasteiger partial charge is 0.508 e. The summed E-state index contributed by atoms with van der Waals surface area (Å²) in [6.45, 7) is 0. The van der Waals surface area contributed by atoms with Crippen molar-refractivity contribution in [2.75, 3.05) is 0 Å². The topological polar surface area (TPSA) is 57.5 Å². The summed E-state index contributed by atoms with van der Waals surface area (Å²) >= 11 is 3.27. The summed E-state index contributed by atoms with van der Waals surface area (Å²) in [6.07, 6.45) is 0.390. The molecule has 0 aromatic heterocycles. The summed E-state index contributed by atoms with van der Waals surface area (Å²) < 4.78 is 0.787. The highest BCUT2D eigenvalue weighted by atomic mass is 79.9. The van der Waals surface area contributed by atoms with Gasteiger partial charge in [-0.25, -0.2) is 4.79 Å². The predicted octanol–water partition coefficient (Wildman–Crippen LogP) is 3.44. The maximum Gasteiger partial charge on any atom is 0.335 e. The van der Waals surface area contributed by atoms with Crippen LogP contribution in [0.15, 0.2) is 46.9 Å². The van der Waals surface area contributed by atoms with E-state index in [1.165, 1.54) is 0 Å². The third-order valence-corrected chi connectivity index (χ3v) is 3.17. The molecule has 2 aromatic carbocycles. The van der Waals surface area contributed by atoms with Crippen LogP contribution in [0.5, 0.6) is 5.75 Å². The van der Waals surface area contributed by atoms with Gasteiger partial charge in [-0.2, -0.15) is 0 Å². The van der Waals surface area contributed by atoms with Crippen molar-refractivity contribution in [3.63, 3.8) is 0 Å². The predicted molar refractivity (Wildman–Crippen MR) is 72.0 cm³/mol. The Morgan fingerprint density at radius 2 is 1.83 bits per heavy atom. The number of phenolic OH excluding ortho intramolecular Hbond substituents is 1. The number of aromatic carboxylic acids is 1. The highest BCUT2D eigenvalue weighted by Crippen LogP contribution is 2.25. The molecular weight excluding hydrogens is 296 g/mol. The Hall–Kier alpha value is -1.81. The van der Waals surface area contributed by atoms with Gasteiger partial charge in [0, 0.05) is 10.9 Å². The molecule has 0 saturated heterocycles. The van der Waals surface area contributed by atoms with Crippen molar-refractivity contribution in [3.8, 4) is 5.75 Å². The molecule has 0 radical (unpaired) electrons. The van der Waals surface area contributed by atoms with Crippen LogP contribution >= 0.6 is 15.9 Å². The Kier molecular flexibility index (Phi) is 3.67. The highest BCUT2D eigenvalue weighted by molar-refractivity contribution is 9.10. The average molecular weight is 307 g/mol. The van der Waals surface area contributed by atoms with Crippen molar-refractivity contribution in [1.82, 2.24) is 0 Å². The van der Waals surface area contributed by atoms with Gasteiger partial charge in [0.05, 0.1) is 5.56 Å². The van der Waals surface area contributed by atoms with Crippen LogP contribution in [0, 0.1) is 0 Å². The molecular formula is C14H11BrO3. The van der Waals surface area contributed by atoms with Crippen LogP contribution in [0.3, 0.4) is 0 Å². The number of benzene rings is 2. The zero-order chi connectivity index (χ0) is 13.1. The first-order valence-electron chi connectivity index (χ1n) is 5.36. The monoisotopic (exact) mass is 306 g/mol. The van der Waals surface area contributed by atoms with Gasteiger partial charge in [0.2, 0.25) is 0 Å². The lowest BCUT2D eigenvalue weighted by Gasteiger charge is -2.08. The fourth-order valence-electron chi connectivity index (χ4n) is 1.77. The van der Waals surface area contributed by atoms with Crippen molar-refractivity contribution < 1.29 is 15.0 Å². The smallest absolute Gasteiger partial charge is 0.335 e. The molecule has 0 aliphatic heterocycles. The average Bonchev–Trinajstić information content (AvgIpc) is 2.33. The highest BCUT2D eigenvalue weighted by Gasteiger charge is 2.11. The minimum atomic E-state index is -0.956. The maximum atomic E-state index is 11.1. The summed E-state index contributed by atoms with van der Waals surface area (Å²) in [6, 6.07) is 12.0. The van der Waals surface area contributed by atoms with Gasteiger partial charge in [-0.15, -0.1) is 0 Å². The van der Waals surface area contributed by atoms with Crippen LogP contribution in [-0.2, 0) is 6.42 Å². The van der Waals surface area contributed by atoms with Crippen molar-refractivity contribution in [3.05, 3.63) is 63.6 Å². The lowest BCUT2D eigenvalue weighted by molar-refractivity contribution is 0.0696. The lowest BCUT2D eigenvalue weighted by atomic mass is 9.99. The molecule has 0 heterocycles. The van der Waals surface area contributed by atoms with Crippen molar-refractivity contribution >= 4 is 21.9 Å². The molecule has 0 spiro atoms. The summed E-state index contributed by atoms with van der Waals surface area (Å²) in [5.74, 6) is -0.799. The van der Waals surface area contributed by atoms with Crippen LogP contribution in [0.2, 0.25) is 0 Å². The summed E-state index contributed by atoms with van der Waals surface area (Å²) in [5, 5.41) is 18.9. The number of halogens is 1. The van der Waals surface area contributed by atoms with E-state index in [-0.39, 0.29) is 11.3 Å². The van der Waals surface area contributed by atoms with E-state index in [0.29, 0.717) is 17.5 Å². The summed E-state index contributed by atoms with van der Waals surface area (Å²) in [5.41, 5.74) is 1.65. The molecule has 0 amide bonds.